The average molecular weight is 678 g/mol. The van der Waals surface area contributed by atoms with Crippen LogP contribution in [0.5, 0.6) is 5.75 Å². The molecule has 4 aromatic rings. The Balaban J connectivity index is 1.36. The molecule has 2 amide bonds. The van der Waals surface area contributed by atoms with Gasteiger partial charge in [0.2, 0.25) is 11.8 Å². The van der Waals surface area contributed by atoms with E-state index in [1.54, 1.807) is 19.9 Å². The van der Waals surface area contributed by atoms with Gasteiger partial charge in [0.05, 0.1) is 28.5 Å². The first-order chi connectivity index (χ1) is 24.5. The molecule has 51 heavy (non-hydrogen) atoms. The van der Waals surface area contributed by atoms with Crippen LogP contribution in [0.15, 0.2) is 115 Å². The van der Waals surface area contributed by atoms with Crippen LogP contribution in [0.3, 0.4) is 0 Å². The highest BCUT2D eigenvalue weighted by atomic mass is 16.4. The molecule has 6 unspecified atom stereocenters. The molecule has 4 aromatic carbocycles. The average Bonchev–Trinajstić information content (AvgIpc) is 3.40. The minimum atomic E-state index is -1.37. The number of phenols is 1. The molecule has 4 aliphatic rings. The van der Waals surface area contributed by atoms with Gasteiger partial charge in [0.1, 0.15) is 5.75 Å². The minimum Gasteiger partial charge on any atom is -0.507 e. The molecule has 1 saturated heterocycles. The van der Waals surface area contributed by atoms with Crippen LogP contribution in [-0.4, -0.2) is 39.6 Å². The fourth-order valence-corrected chi connectivity index (χ4v) is 9.44. The Morgan fingerprint density at radius 1 is 0.804 bits per heavy atom. The summed E-state index contributed by atoms with van der Waals surface area (Å²) in [6, 6.07) is 28.0. The number of fused-ring (bicyclic) bond motifs is 4. The van der Waals surface area contributed by atoms with Gasteiger partial charge < -0.3 is 10.2 Å². The molecule has 8 nitrogen and oxygen atoms in total. The van der Waals surface area contributed by atoms with Gasteiger partial charge in [0, 0.05) is 17.4 Å². The van der Waals surface area contributed by atoms with Gasteiger partial charge in [-0.15, -0.1) is 0 Å². The van der Waals surface area contributed by atoms with Crippen molar-refractivity contribution in [3.8, 4) is 5.75 Å². The summed E-state index contributed by atoms with van der Waals surface area (Å²) in [5, 5.41) is 20.5. The van der Waals surface area contributed by atoms with Gasteiger partial charge in [0.25, 0.3) is 0 Å². The zero-order valence-electron chi connectivity index (χ0n) is 28.1. The predicted molar refractivity (Wildman–Crippen MR) is 190 cm³/mol. The van der Waals surface area contributed by atoms with Crippen LogP contribution in [-0.2, 0) is 24.6 Å². The quantitative estimate of drug-likeness (QED) is 0.177. The fraction of sp³-hybridized carbons (Fsp3) is 0.233. The Kier molecular flexibility index (Phi) is 7.52. The summed E-state index contributed by atoms with van der Waals surface area (Å²) in [4.78, 5) is 71.7. The summed E-state index contributed by atoms with van der Waals surface area (Å²) in [6.45, 7) is 3.60. The molecular weight excluding hydrogens is 642 g/mol. The first kappa shape index (κ1) is 32.3. The second-order valence-corrected chi connectivity index (χ2v) is 14.2. The predicted octanol–water partition coefficient (Wildman–Crippen LogP) is 6.74. The number of carbonyl (C=O) groups is 5. The molecule has 6 atom stereocenters. The van der Waals surface area contributed by atoms with Gasteiger partial charge >= 0.3 is 5.97 Å². The standard InChI is InChI=1S/C43H35NO7/c1-23-18-27(19-24(2)38(23)46)37-30-16-17-31-36(41(49)44(40(31)48)29-15-9-12-26(20-29)42(50)51)33(30)21-34-39(47)32(25-10-5-3-6-11-25)22-35(45)43(34,37)28-13-7-4-8-14-28/h3-16,18-20,22,31,33-34,36-37,46H,17,21H2,1-2H3,(H,50,51). The summed E-state index contributed by atoms with van der Waals surface area (Å²) >= 11 is 0. The molecule has 254 valence electrons. The topological polar surface area (TPSA) is 129 Å². The third-order valence-electron chi connectivity index (χ3n) is 11.6. The highest BCUT2D eigenvalue weighted by molar-refractivity contribution is 6.32. The van der Waals surface area contributed by atoms with E-state index in [1.807, 2.05) is 78.9 Å². The first-order valence-corrected chi connectivity index (χ1v) is 17.2. The van der Waals surface area contributed by atoms with Crippen molar-refractivity contribution in [3.05, 3.63) is 148 Å². The van der Waals surface area contributed by atoms with Gasteiger partial charge in [-0.2, -0.15) is 0 Å². The van der Waals surface area contributed by atoms with Crippen molar-refractivity contribution in [2.45, 2.75) is 38.0 Å². The summed E-state index contributed by atoms with van der Waals surface area (Å²) in [5.74, 6) is -6.00. The number of phenolic OH excluding ortho intramolecular Hbond substituents is 1. The van der Waals surface area contributed by atoms with Gasteiger partial charge in [-0.1, -0.05) is 90.5 Å². The second-order valence-electron chi connectivity index (χ2n) is 14.2. The minimum absolute atomic E-state index is 0.0447. The second kappa shape index (κ2) is 11.9. The number of rotatable bonds is 5. The van der Waals surface area contributed by atoms with Crippen LogP contribution >= 0.6 is 0 Å². The van der Waals surface area contributed by atoms with Crippen molar-refractivity contribution in [1.29, 1.82) is 0 Å². The smallest absolute Gasteiger partial charge is 0.335 e. The van der Waals surface area contributed by atoms with E-state index in [1.165, 1.54) is 24.3 Å². The molecule has 1 saturated carbocycles. The first-order valence-electron chi connectivity index (χ1n) is 17.2. The molecule has 2 fully saturated rings. The zero-order chi connectivity index (χ0) is 35.8. The number of carboxylic acid groups (broad SMARTS) is 1. The van der Waals surface area contributed by atoms with Crippen LogP contribution < -0.4 is 4.90 Å². The number of aryl methyl sites for hydroxylation is 2. The molecule has 2 N–H and O–H groups in total. The molecule has 0 radical (unpaired) electrons. The molecule has 0 aromatic heterocycles. The van der Waals surface area contributed by atoms with Crippen LogP contribution in [0, 0.1) is 37.5 Å². The number of allylic oxidation sites excluding steroid dienone is 4. The monoisotopic (exact) mass is 677 g/mol. The van der Waals surface area contributed by atoms with Crippen molar-refractivity contribution in [2.75, 3.05) is 4.90 Å². The number of benzene rings is 4. The Morgan fingerprint density at radius 3 is 2.14 bits per heavy atom. The highest BCUT2D eigenvalue weighted by Crippen LogP contribution is 2.64. The molecule has 8 heteroatoms. The lowest BCUT2D eigenvalue weighted by atomic mass is 9.44. The number of hydrogen-bond donors (Lipinski definition) is 2. The number of aromatic hydroxyl groups is 1. The van der Waals surface area contributed by atoms with Gasteiger partial charge in [0.15, 0.2) is 11.6 Å². The molecule has 0 spiro atoms. The Labute approximate surface area is 294 Å². The van der Waals surface area contributed by atoms with E-state index >= 15 is 9.59 Å². The summed E-state index contributed by atoms with van der Waals surface area (Å²) in [6.07, 6.45) is 3.88. The largest absolute Gasteiger partial charge is 0.507 e. The number of carbonyl (C=O) groups excluding carboxylic acids is 4. The number of carboxylic acids is 1. The van der Waals surface area contributed by atoms with Crippen LogP contribution in [0.25, 0.3) is 5.57 Å². The molecule has 3 aliphatic carbocycles. The Morgan fingerprint density at radius 2 is 1.47 bits per heavy atom. The zero-order valence-corrected chi connectivity index (χ0v) is 28.1. The lowest BCUT2D eigenvalue weighted by molar-refractivity contribution is -0.135. The number of imide groups is 1. The van der Waals surface area contributed by atoms with E-state index in [0.29, 0.717) is 27.8 Å². The van der Waals surface area contributed by atoms with Crippen molar-refractivity contribution < 1.29 is 34.2 Å². The molecule has 0 bridgehead atoms. The van der Waals surface area contributed by atoms with E-state index in [0.717, 1.165) is 16.0 Å². The maximum absolute atomic E-state index is 15.2. The van der Waals surface area contributed by atoms with E-state index in [2.05, 4.69) is 0 Å². The van der Waals surface area contributed by atoms with Crippen LogP contribution in [0.4, 0.5) is 5.69 Å². The van der Waals surface area contributed by atoms with Gasteiger partial charge in [-0.3, -0.25) is 24.1 Å². The number of aromatic carboxylic acids is 1. The van der Waals surface area contributed by atoms with E-state index in [4.69, 9.17) is 0 Å². The lowest BCUT2D eigenvalue weighted by Gasteiger charge is -2.55. The summed E-state index contributed by atoms with van der Waals surface area (Å²) in [5.41, 5.74) is 3.20. The molecule has 8 rings (SSSR count). The van der Waals surface area contributed by atoms with E-state index < -0.39 is 52.8 Å². The van der Waals surface area contributed by atoms with Crippen molar-refractivity contribution in [2.24, 2.45) is 23.7 Å². The number of hydrogen-bond acceptors (Lipinski definition) is 6. The number of anilines is 1. The SMILES string of the molecule is Cc1cc(C2C3=CCC4C(=O)N(c5cccc(C(=O)O)c5)C(=O)C4C3CC3C(=O)C(c4ccccc4)=CC(=O)C32c2ccccc2)cc(C)c1O. The van der Waals surface area contributed by atoms with Crippen molar-refractivity contribution >= 4 is 40.6 Å². The summed E-state index contributed by atoms with van der Waals surface area (Å²) < 4.78 is 0. The Hall–Kier alpha value is -5.89. The molecule has 1 heterocycles. The maximum Gasteiger partial charge on any atom is 0.335 e. The van der Waals surface area contributed by atoms with Crippen LogP contribution in [0.2, 0.25) is 0 Å². The van der Waals surface area contributed by atoms with E-state index in [9.17, 15) is 24.6 Å². The van der Waals surface area contributed by atoms with Gasteiger partial charge in [-0.05, 0) is 84.7 Å². The third-order valence-corrected chi connectivity index (χ3v) is 11.6. The van der Waals surface area contributed by atoms with Crippen LogP contribution in [0.1, 0.15) is 56.9 Å². The lowest BCUT2D eigenvalue weighted by Crippen LogP contribution is -2.58. The highest BCUT2D eigenvalue weighted by Gasteiger charge is 2.66. The number of Topliss-reactive ketones (excluding diaryl/α,β-unsaturated/α-hetero) is 1. The Bertz CT molecular complexity index is 2210. The molecule has 1 aliphatic heterocycles. The van der Waals surface area contributed by atoms with Crippen molar-refractivity contribution in [3.63, 3.8) is 0 Å². The van der Waals surface area contributed by atoms with E-state index in [-0.39, 0.29) is 41.4 Å². The van der Waals surface area contributed by atoms with Crippen molar-refractivity contribution in [1.82, 2.24) is 0 Å². The summed E-state index contributed by atoms with van der Waals surface area (Å²) in [7, 11) is 0. The maximum atomic E-state index is 15.2. The number of ketones is 2. The number of nitrogens with zero attached hydrogens (tertiary/aromatic N) is 1. The normalized spacial score (nSPS) is 26.9. The molecular formula is C43H35NO7. The number of amides is 2. The van der Waals surface area contributed by atoms with Gasteiger partial charge in [-0.25, -0.2) is 4.79 Å². The fourth-order valence-electron chi connectivity index (χ4n) is 9.44. The third kappa shape index (κ3) is 4.69.